The summed E-state index contributed by atoms with van der Waals surface area (Å²) in [5.41, 5.74) is 0.854. The molecule has 1 unspecified atom stereocenters. The first-order chi connectivity index (χ1) is 8.06. The van der Waals surface area contributed by atoms with Crippen LogP contribution in [0, 0.1) is 3.57 Å². The number of hydrogen-bond acceptors (Lipinski definition) is 4. The number of hydrogen-bond donors (Lipinski definition) is 1. The van der Waals surface area contributed by atoms with E-state index < -0.39 is 0 Å². The van der Waals surface area contributed by atoms with Crippen molar-refractivity contribution in [1.82, 2.24) is 10.2 Å². The zero-order valence-electron chi connectivity index (χ0n) is 8.75. The molecule has 0 fully saturated rings. The molecular formula is C10H8Cl2IN3O. The summed E-state index contributed by atoms with van der Waals surface area (Å²) in [6.45, 7) is 1.77. The summed E-state index contributed by atoms with van der Waals surface area (Å²) < 4.78 is 6.30. The van der Waals surface area contributed by atoms with Gasteiger partial charge in [-0.1, -0.05) is 16.7 Å². The number of benzene rings is 1. The minimum atomic E-state index is -0.303. The summed E-state index contributed by atoms with van der Waals surface area (Å²) in [5, 5.41) is 11.1. The molecule has 0 aliphatic heterocycles. The largest absolute Gasteiger partial charge is 0.406 e. The number of nitrogens with zero attached hydrogens (tertiary/aromatic N) is 2. The highest BCUT2D eigenvalue weighted by Gasteiger charge is 2.11. The fourth-order valence-electron chi connectivity index (χ4n) is 1.15. The smallest absolute Gasteiger partial charge is 0.320 e. The minimum absolute atomic E-state index is 0.303. The van der Waals surface area contributed by atoms with E-state index in [0.717, 1.165) is 9.26 Å². The average molecular weight is 384 g/mol. The third kappa shape index (κ3) is 3.23. The number of anilines is 2. The molecule has 0 amide bonds. The molecule has 90 valence electrons. The van der Waals surface area contributed by atoms with Crippen LogP contribution in [0.25, 0.3) is 0 Å². The van der Waals surface area contributed by atoms with Gasteiger partial charge in [-0.05, 0) is 47.7 Å². The molecule has 0 aliphatic rings. The maximum atomic E-state index is 5.86. The second-order valence-corrected chi connectivity index (χ2v) is 5.56. The Morgan fingerprint density at radius 1 is 1.41 bits per heavy atom. The summed E-state index contributed by atoms with van der Waals surface area (Å²) in [4.78, 5) is 0. The van der Waals surface area contributed by atoms with Crippen LogP contribution in [0.2, 0.25) is 5.02 Å². The van der Waals surface area contributed by atoms with Crippen molar-refractivity contribution >= 4 is 57.5 Å². The fraction of sp³-hybridized carbons (Fsp3) is 0.200. The SMILES string of the molecule is CC(Cl)c1nnc(Nc2ccc(Cl)cc2I)o1. The molecule has 0 radical (unpaired) electrons. The minimum Gasteiger partial charge on any atom is -0.406 e. The predicted octanol–water partition coefficient (Wildman–Crippen LogP) is 4.37. The highest BCUT2D eigenvalue weighted by atomic mass is 127. The Hall–Kier alpha value is -0.530. The van der Waals surface area contributed by atoms with Gasteiger partial charge in [-0.3, -0.25) is 0 Å². The Morgan fingerprint density at radius 3 is 2.76 bits per heavy atom. The Kier molecular flexibility index (Phi) is 4.11. The first-order valence-electron chi connectivity index (χ1n) is 4.76. The van der Waals surface area contributed by atoms with Gasteiger partial charge in [-0.25, -0.2) is 0 Å². The molecule has 2 aromatic rings. The van der Waals surface area contributed by atoms with Gasteiger partial charge >= 0.3 is 6.01 Å². The molecule has 1 N–H and O–H groups in total. The van der Waals surface area contributed by atoms with Crippen molar-refractivity contribution in [2.24, 2.45) is 0 Å². The first kappa shape index (κ1) is 12.9. The van der Waals surface area contributed by atoms with E-state index >= 15 is 0 Å². The molecule has 1 aromatic heterocycles. The molecule has 0 saturated heterocycles. The van der Waals surface area contributed by atoms with E-state index in [1.165, 1.54) is 0 Å². The van der Waals surface area contributed by atoms with Gasteiger partial charge in [0.25, 0.3) is 0 Å². The predicted molar refractivity (Wildman–Crippen MR) is 76.0 cm³/mol. The van der Waals surface area contributed by atoms with Crippen LogP contribution in [0.5, 0.6) is 0 Å². The van der Waals surface area contributed by atoms with Crippen LogP contribution < -0.4 is 5.32 Å². The lowest BCUT2D eigenvalue weighted by Gasteiger charge is -2.04. The lowest BCUT2D eigenvalue weighted by molar-refractivity contribution is 0.510. The average Bonchev–Trinajstić information content (AvgIpc) is 2.71. The van der Waals surface area contributed by atoms with E-state index in [-0.39, 0.29) is 5.38 Å². The van der Waals surface area contributed by atoms with Crippen molar-refractivity contribution < 1.29 is 4.42 Å². The summed E-state index contributed by atoms with van der Waals surface area (Å²) >= 11 is 13.9. The number of nitrogens with one attached hydrogen (secondary N) is 1. The van der Waals surface area contributed by atoms with Gasteiger partial charge in [0.1, 0.15) is 5.38 Å². The molecule has 2 rings (SSSR count). The Labute approximate surface area is 122 Å². The maximum Gasteiger partial charge on any atom is 0.320 e. The first-order valence-corrected chi connectivity index (χ1v) is 6.65. The van der Waals surface area contributed by atoms with Gasteiger partial charge in [0.05, 0.1) is 5.69 Å². The molecule has 0 spiro atoms. The lowest BCUT2D eigenvalue weighted by atomic mass is 10.3. The van der Waals surface area contributed by atoms with E-state index in [1.807, 2.05) is 12.1 Å². The number of halogens is 3. The van der Waals surface area contributed by atoms with Crippen LogP contribution in [0.15, 0.2) is 22.6 Å². The van der Waals surface area contributed by atoms with Crippen LogP contribution in [0.3, 0.4) is 0 Å². The van der Waals surface area contributed by atoms with Crippen LogP contribution in [0.4, 0.5) is 11.7 Å². The van der Waals surface area contributed by atoms with Gasteiger partial charge in [0.15, 0.2) is 0 Å². The van der Waals surface area contributed by atoms with Crippen LogP contribution in [0.1, 0.15) is 18.2 Å². The Bertz CT molecular complexity index is 530. The van der Waals surface area contributed by atoms with Crippen molar-refractivity contribution in [3.05, 3.63) is 32.7 Å². The molecule has 17 heavy (non-hydrogen) atoms. The summed E-state index contributed by atoms with van der Waals surface area (Å²) in [7, 11) is 0. The number of alkyl halides is 1. The van der Waals surface area contributed by atoms with Crippen molar-refractivity contribution in [3.8, 4) is 0 Å². The molecule has 7 heteroatoms. The van der Waals surface area contributed by atoms with Crippen molar-refractivity contribution in [2.75, 3.05) is 5.32 Å². The molecule has 4 nitrogen and oxygen atoms in total. The Morgan fingerprint density at radius 2 is 2.18 bits per heavy atom. The van der Waals surface area contributed by atoms with Crippen molar-refractivity contribution in [2.45, 2.75) is 12.3 Å². The topological polar surface area (TPSA) is 51.0 Å². The lowest BCUT2D eigenvalue weighted by Crippen LogP contribution is -1.92. The van der Waals surface area contributed by atoms with Gasteiger partial charge < -0.3 is 9.73 Å². The van der Waals surface area contributed by atoms with Gasteiger partial charge in [-0.2, -0.15) is 0 Å². The van der Waals surface area contributed by atoms with Crippen LogP contribution in [-0.4, -0.2) is 10.2 Å². The van der Waals surface area contributed by atoms with Crippen LogP contribution >= 0.6 is 45.8 Å². The molecule has 1 heterocycles. The third-order valence-corrected chi connectivity index (χ3v) is 3.27. The molecule has 0 aliphatic carbocycles. The molecule has 1 atom stereocenters. The molecular weight excluding hydrogens is 376 g/mol. The summed E-state index contributed by atoms with van der Waals surface area (Å²) in [6, 6.07) is 5.78. The van der Waals surface area contributed by atoms with Gasteiger partial charge in [0, 0.05) is 8.59 Å². The van der Waals surface area contributed by atoms with Crippen molar-refractivity contribution in [1.29, 1.82) is 0 Å². The molecule has 1 aromatic carbocycles. The van der Waals surface area contributed by atoms with Gasteiger partial charge in [-0.15, -0.1) is 16.7 Å². The third-order valence-electron chi connectivity index (χ3n) is 1.95. The zero-order valence-corrected chi connectivity index (χ0v) is 12.4. The highest BCUT2D eigenvalue weighted by Crippen LogP contribution is 2.26. The number of rotatable bonds is 3. The van der Waals surface area contributed by atoms with Gasteiger partial charge in [0.2, 0.25) is 5.89 Å². The molecule has 0 bridgehead atoms. The van der Waals surface area contributed by atoms with E-state index in [0.29, 0.717) is 16.9 Å². The maximum absolute atomic E-state index is 5.86. The summed E-state index contributed by atoms with van der Waals surface area (Å²) in [6.07, 6.45) is 0. The van der Waals surface area contributed by atoms with E-state index in [4.69, 9.17) is 27.6 Å². The quantitative estimate of drug-likeness (QED) is 0.631. The van der Waals surface area contributed by atoms with E-state index in [1.54, 1.807) is 13.0 Å². The zero-order chi connectivity index (χ0) is 12.4. The van der Waals surface area contributed by atoms with Crippen LogP contribution in [-0.2, 0) is 0 Å². The van der Waals surface area contributed by atoms with E-state index in [9.17, 15) is 0 Å². The number of aromatic nitrogens is 2. The normalized spacial score (nSPS) is 12.5. The van der Waals surface area contributed by atoms with Crippen molar-refractivity contribution in [3.63, 3.8) is 0 Å². The highest BCUT2D eigenvalue weighted by molar-refractivity contribution is 14.1. The standard InChI is InChI=1S/C10H8Cl2IN3O/c1-5(11)9-15-16-10(17-9)14-8-3-2-6(12)4-7(8)13/h2-5H,1H3,(H,14,16). The molecule has 0 saturated carbocycles. The summed E-state index contributed by atoms with van der Waals surface area (Å²) in [5.74, 6) is 0.387. The second kappa shape index (κ2) is 5.41. The second-order valence-electron chi connectivity index (χ2n) is 3.31. The monoisotopic (exact) mass is 383 g/mol. The fourth-order valence-corrected chi connectivity index (χ4v) is 2.25. The Balaban J connectivity index is 2.19. The van der Waals surface area contributed by atoms with E-state index in [2.05, 4.69) is 38.1 Å².